The zero-order valence-electron chi connectivity index (χ0n) is 13.4. The van der Waals surface area contributed by atoms with Gasteiger partial charge in [0.1, 0.15) is 6.17 Å². The van der Waals surface area contributed by atoms with E-state index in [2.05, 4.69) is 30.2 Å². The third kappa shape index (κ3) is 3.63. The van der Waals surface area contributed by atoms with Gasteiger partial charge in [-0.1, -0.05) is 6.07 Å². The summed E-state index contributed by atoms with van der Waals surface area (Å²) >= 11 is 1.81. The lowest BCUT2D eigenvalue weighted by molar-refractivity contribution is 0.193. The Hall–Kier alpha value is -0.650. The van der Waals surface area contributed by atoms with E-state index in [9.17, 15) is 4.39 Å². The van der Waals surface area contributed by atoms with E-state index in [-0.39, 0.29) is 0 Å². The predicted molar refractivity (Wildman–Crippen MR) is 89.1 cm³/mol. The molecule has 0 bridgehead atoms. The van der Waals surface area contributed by atoms with E-state index in [0.717, 1.165) is 44.1 Å². The van der Waals surface area contributed by atoms with Gasteiger partial charge in [-0.2, -0.15) is 11.8 Å². The number of pyridine rings is 1. The fraction of sp³-hybridized carbons (Fsp3) is 0.706. The SMILES string of the molecule is CS[C@@H](C)c1ccc([C@@H]2CCOC2)c(CN2CC[C@@H](F)C2)n1. The third-order valence-electron chi connectivity index (χ3n) is 4.76. The first kappa shape index (κ1) is 16.2. The number of aromatic nitrogens is 1. The van der Waals surface area contributed by atoms with Gasteiger partial charge in [0.15, 0.2) is 0 Å². The van der Waals surface area contributed by atoms with E-state index in [1.54, 1.807) is 0 Å². The molecular formula is C17H25FN2OS. The average molecular weight is 324 g/mol. The number of alkyl halides is 1. The monoisotopic (exact) mass is 324 g/mol. The summed E-state index contributed by atoms with van der Waals surface area (Å²) in [6, 6.07) is 4.38. The first-order chi connectivity index (χ1) is 10.7. The summed E-state index contributed by atoms with van der Waals surface area (Å²) in [5, 5.41) is 0.389. The minimum absolute atomic E-state index is 0.389. The van der Waals surface area contributed by atoms with Gasteiger partial charge in [0.25, 0.3) is 0 Å². The van der Waals surface area contributed by atoms with Crippen molar-refractivity contribution < 1.29 is 9.13 Å². The molecule has 0 unspecified atom stereocenters. The van der Waals surface area contributed by atoms with E-state index in [1.807, 2.05) is 11.8 Å². The molecule has 0 N–H and O–H groups in total. The zero-order chi connectivity index (χ0) is 15.5. The van der Waals surface area contributed by atoms with E-state index in [4.69, 9.17) is 9.72 Å². The predicted octanol–water partition coefficient (Wildman–Crippen LogP) is 3.55. The molecule has 122 valence electrons. The fourth-order valence-corrected chi connectivity index (χ4v) is 3.67. The molecule has 22 heavy (non-hydrogen) atoms. The van der Waals surface area contributed by atoms with Gasteiger partial charge in [-0.05, 0) is 37.7 Å². The Morgan fingerprint density at radius 1 is 1.45 bits per heavy atom. The van der Waals surface area contributed by atoms with E-state index in [0.29, 0.717) is 24.1 Å². The highest BCUT2D eigenvalue weighted by atomic mass is 32.2. The number of rotatable bonds is 5. The average Bonchev–Trinajstić information content (AvgIpc) is 3.18. The van der Waals surface area contributed by atoms with Crippen molar-refractivity contribution in [3.05, 3.63) is 29.1 Å². The Kier molecular flexibility index (Phi) is 5.37. The maximum absolute atomic E-state index is 13.5. The van der Waals surface area contributed by atoms with Crippen LogP contribution in [0.2, 0.25) is 0 Å². The van der Waals surface area contributed by atoms with Crippen LogP contribution in [-0.4, -0.2) is 48.6 Å². The number of ether oxygens (including phenoxy) is 1. The Balaban J connectivity index is 1.84. The Bertz CT molecular complexity index is 507. The topological polar surface area (TPSA) is 25.4 Å². The van der Waals surface area contributed by atoms with Crippen molar-refractivity contribution in [3.8, 4) is 0 Å². The summed E-state index contributed by atoms with van der Waals surface area (Å²) in [7, 11) is 0. The van der Waals surface area contributed by atoms with Crippen LogP contribution >= 0.6 is 11.8 Å². The molecule has 5 heteroatoms. The summed E-state index contributed by atoms with van der Waals surface area (Å²) in [5.41, 5.74) is 3.56. The lowest BCUT2D eigenvalue weighted by atomic mass is 9.96. The van der Waals surface area contributed by atoms with Crippen LogP contribution in [0, 0.1) is 0 Å². The zero-order valence-corrected chi connectivity index (χ0v) is 14.2. The molecule has 3 nitrogen and oxygen atoms in total. The van der Waals surface area contributed by atoms with Gasteiger partial charge in [-0.15, -0.1) is 0 Å². The lowest BCUT2D eigenvalue weighted by Gasteiger charge is -2.21. The van der Waals surface area contributed by atoms with Gasteiger partial charge in [0.2, 0.25) is 0 Å². The minimum atomic E-state index is -0.674. The van der Waals surface area contributed by atoms with Gasteiger partial charge >= 0.3 is 0 Å². The van der Waals surface area contributed by atoms with Crippen LogP contribution in [0.15, 0.2) is 12.1 Å². The standard InChI is InChI=1S/C17H25FN2OS/c1-12(22-2)16-4-3-15(13-6-8-21-11-13)17(19-16)10-20-7-5-14(18)9-20/h3-4,12-14H,5-11H2,1-2H3/t12-,13+,14+/m0/s1. The van der Waals surface area contributed by atoms with Gasteiger partial charge < -0.3 is 4.74 Å². The first-order valence-electron chi connectivity index (χ1n) is 8.14. The third-order valence-corrected chi connectivity index (χ3v) is 5.71. The van der Waals surface area contributed by atoms with Crippen molar-refractivity contribution >= 4 is 11.8 Å². The molecule has 0 spiro atoms. The summed E-state index contributed by atoms with van der Waals surface area (Å²) < 4.78 is 19.0. The van der Waals surface area contributed by atoms with Gasteiger partial charge in [0, 0.05) is 37.4 Å². The molecule has 2 aliphatic rings. The molecule has 2 fully saturated rings. The first-order valence-corrected chi connectivity index (χ1v) is 9.43. The Morgan fingerprint density at radius 3 is 2.95 bits per heavy atom. The maximum atomic E-state index is 13.5. The van der Waals surface area contributed by atoms with E-state index < -0.39 is 6.17 Å². The molecule has 1 aromatic rings. The van der Waals surface area contributed by atoms with Crippen molar-refractivity contribution in [1.82, 2.24) is 9.88 Å². The number of halogens is 1. The Labute approximate surface area is 136 Å². The highest BCUT2D eigenvalue weighted by Gasteiger charge is 2.26. The van der Waals surface area contributed by atoms with Gasteiger partial charge in [-0.25, -0.2) is 4.39 Å². The van der Waals surface area contributed by atoms with Crippen molar-refractivity contribution in [2.75, 3.05) is 32.6 Å². The second-order valence-corrected chi connectivity index (χ2v) is 7.51. The smallest absolute Gasteiger partial charge is 0.114 e. The Morgan fingerprint density at radius 2 is 2.32 bits per heavy atom. The van der Waals surface area contributed by atoms with Gasteiger partial charge in [-0.3, -0.25) is 9.88 Å². The minimum Gasteiger partial charge on any atom is -0.381 e. The summed E-state index contributed by atoms with van der Waals surface area (Å²) in [4.78, 5) is 7.13. The van der Waals surface area contributed by atoms with Crippen LogP contribution in [0.4, 0.5) is 4.39 Å². The number of hydrogen-bond acceptors (Lipinski definition) is 4. The number of likely N-dealkylation sites (tertiary alicyclic amines) is 1. The van der Waals surface area contributed by atoms with Crippen LogP contribution in [0.3, 0.4) is 0 Å². The normalized spacial score (nSPS) is 27.4. The maximum Gasteiger partial charge on any atom is 0.114 e. The molecule has 1 aromatic heterocycles. The molecule has 0 radical (unpaired) electrons. The van der Waals surface area contributed by atoms with Crippen LogP contribution in [0.25, 0.3) is 0 Å². The fourth-order valence-electron chi connectivity index (χ4n) is 3.30. The largest absolute Gasteiger partial charge is 0.381 e. The molecule has 3 heterocycles. The molecule has 2 saturated heterocycles. The second-order valence-electron chi connectivity index (χ2n) is 6.33. The molecule has 0 aromatic carbocycles. The summed E-state index contributed by atoms with van der Waals surface area (Å²) in [5.74, 6) is 0.449. The number of thioether (sulfide) groups is 1. The quantitative estimate of drug-likeness (QED) is 0.827. The van der Waals surface area contributed by atoms with Crippen LogP contribution in [-0.2, 0) is 11.3 Å². The number of hydrogen-bond donors (Lipinski definition) is 0. The van der Waals surface area contributed by atoms with Crippen molar-refractivity contribution in [3.63, 3.8) is 0 Å². The van der Waals surface area contributed by atoms with Crippen molar-refractivity contribution in [1.29, 1.82) is 0 Å². The van der Waals surface area contributed by atoms with Gasteiger partial charge in [0.05, 0.1) is 18.0 Å². The number of nitrogens with zero attached hydrogens (tertiary/aromatic N) is 2. The van der Waals surface area contributed by atoms with Crippen LogP contribution in [0.1, 0.15) is 47.9 Å². The summed E-state index contributed by atoms with van der Waals surface area (Å²) in [6.07, 6.45) is 3.16. The molecule has 0 saturated carbocycles. The lowest BCUT2D eigenvalue weighted by Crippen LogP contribution is -2.23. The van der Waals surface area contributed by atoms with Crippen LogP contribution in [0.5, 0.6) is 0 Å². The highest BCUT2D eigenvalue weighted by Crippen LogP contribution is 2.31. The van der Waals surface area contributed by atoms with Crippen LogP contribution < -0.4 is 0 Å². The van der Waals surface area contributed by atoms with E-state index >= 15 is 0 Å². The van der Waals surface area contributed by atoms with E-state index in [1.165, 1.54) is 5.56 Å². The second kappa shape index (κ2) is 7.28. The molecular weight excluding hydrogens is 299 g/mol. The summed E-state index contributed by atoms with van der Waals surface area (Å²) in [6.45, 7) is 5.96. The molecule has 0 aliphatic carbocycles. The molecule has 2 aliphatic heterocycles. The molecule has 3 rings (SSSR count). The van der Waals surface area contributed by atoms with Crippen molar-refractivity contribution in [2.45, 2.75) is 43.6 Å². The highest BCUT2D eigenvalue weighted by molar-refractivity contribution is 7.98. The van der Waals surface area contributed by atoms with Crippen molar-refractivity contribution in [2.24, 2.45) is 0 Å². The molecule has 3 atom stereocenters. The molecule has 0 amide bonds.